The number of hydrogen-bond acceptors (Lipinski definition) is 2. The zero-order valence-corrected chi connectivity index (χ0v) is 14.7. The van der Waals surface area contributed by atoms with E-state index in [-0.39, 0.29) is 5.82 Å². The van der Waals surface area contributed by atoms with Crippen LogP contribution < -0.4 is 5.32 Å². The van der Waals surface area contributed by atoms with E-state index in [1.54, 1.807) is 12.3 Å². The quantitative estimate of drug-likeness (QED) is 0.708. The van der Waals surface area contributed by atoms with Crippen LogP contribution in [0.15, 0.2) is 36.5 Å². The summed E-state index contributed by atoms with van der Waals surface area (Å²) in [5.74, 6) is -0.281. The fourth-order valence-electron chi connectivity index (χ4n) is 3.18. The Hall–Kier alpha value is -2.42. The summed E-state index contributed by atoms with van der Waals surface area (Å²) in [5.41, 5.74) is 8.17. The number of hydrogen-bond donors (Lipinski definition) is 1. The average molecular weight is 322 g/mol. The molecule has 3 aromatic rings. The first kappa shape index (κ1) is 16.4. The predicted molar refractivity (Wildman–Crippen MR) is 99.3 cm³/mol. The van der Waals surface area contributed by atoms with Crippen LogP contribution >= 0.6 is 0 Å². The summed E-state index contributed by atoms with van der Waals surface area (Å²) in [7, 11) is 0. The molecule has 0 saturated heterocycles. The van der Waals surface area contributed by atoms with Crippen LogP contribution in [-0.2, 0) is 6.42 Å². The second kappa shape index (κ2) is 6.60. The Morgan fingerprint density at radius 3 is 2.58 bits per heavy atom. The number of pyridine rings is 1. The van der Waals surface area contributed by atoms with E-state index in [0.717, 1.165) is 24.0 Å². The number of anilines is 1. The number of rotatable bonds is 4. The maximum absolute atomic E-state index is 13.8. The van der Waals surface area contributed by atoms with Gasteiger partial charge in [-0.05, 0) is 74.1 Å². The minimum atomic E-state index is -0.281. The Morgan fingerprint density at radius 1 is 1.00 bits per heavy atom. The van der Waals surface area contributed by atoms with Gasteiger partial charge in [-0.1, -0.05) is 18.2 Å². The van der Waals surface area contributed by atoms with E-state index in [4.69, 9.17) is 0 Å². The van der Waals surface area contributed by atoms with Crippen LogP contribution in [0.4, 0.5) is 10.1 Å². The van der Waals surface area contributed by atoms with Gasteiger partial charge in [0.1, 0.15) is 11.3 Å². The summed E-state index contributed by atoms with van der Waals surface area (Å²) in [4.78, 5) is 4.14. The van der Waals surface area contributed by atoms with Crippen molar-refractivity contribution in [3.63, 3.8) is 0 Å². The van der Waals surface area contributed by atoms with Gasteiger partial charge in [0.2, 0.25) is 0 Å². The third kappa shape index (κ3) is 2.99. The lowest BCUT2D eigenvalue weighted by atomic mass is 9.93. The molecule has 0 atom stereocenters. The molecule has 0 spiro atoms. The number of nitrogens with zero attached hydrogens (tertiary/aromatic N) is 1. The first-order chi connectivity index (χ1) is 11.5. The highest BCUT2D eigenvalue weighted by Crippen LogP contribution is 2.24. The zero-order valence-electron chi connectivity index (χ0n) is 14.7. The van der Waals surface area contributed by atoms with Gasteiger partial charge in [-0.25, -0.2) is 4.39 Å². The average Bonchev–Trinajstić information content (AvgIpc) is 2.58. The minimum absolute atomic E-state index is 0.281. The van der Waals surface area contributed by atoms with E-state index < -0.39 is 0 Å². The Balaban J connectivity index is 1.80. The first-order valence-electron chi connectivity index (χ1n) is 8.32. The molecular formula is C21H23FN2. The topological polar surface area (TPSA) is 24.9 Å². The molecule has 0 amide bonds. The lowest BCUT2D eigenvalue weighted by Gasteiger charge is -2.15. The minimum Gasteiger partial charge on any atom is -0.384 e. The van der Waals surface area contributed by atoms with Gasteiger partial charge in [0.05, 0.1) is 0 Å². The summed E-state index contributed by atoms with van der Waals surface area (Å²) in [6, 6.07) is 9.25. The fraction of sp³-hybridized carbons (Fsp3) is 0.286. The number of benzene rings is 2. The van der Waals surface area contributed by atoms with Crippen molar-refractivity contribution in [1.29, 1.82) is 0 Å². The maximum Gasteiger partial charge on any atom is 0.149 e. The third-order valence-corrected chi connectivity index (χ3v) is 5.02. The summed E-state index contributed by atoms with van der Waals surface area (Å²) in [6.07, 6.45) is 2.59. The molecule has 0 aliphatic carbocycles. The number of halogens is 1. The van der Waals surface area contributed by atoms with Crippen molar-refractivity contribution in [2.24, 2.45) is 0 Å². The molecule has 1 heterocycles. The highest BCUT2D eigenvalue weighted by atomic mass is 19.1. The summed E-state index contributed by atoms with van der Waals surface area (Å²) in [5, 5.41) is 4.26. The molecule has 3 heteroatoms. The van der Waals surface area contributed by atoms with Crippen molar-refractivity contribution < 1.29 is 4.39 Å². The van der Waals surface area contributed by atoms with Gasteiger partial charge in [-0.3, -0.25) is 4.98 Å². The summed E-state index contributed by atoms with van der Waals surface area (Å²) in [6.45, 7) is 9.52. The Kier molecular flexibility index (Phi) is 4.52. The smallest absolute Gasteiger partial charge is 0.149 e. The summed E-state index contributed by atoms with van der Waals surface area (Å²) < 4.78 is 13.8. The van der Waals surface area contributed by atoms with Gasteiger partial charge in [-0.2, -0.15) is 0 Å². The number of para-hydroxylation sites is 1. The highest BCUT2D eigenvalue weighted by molar-refractivity contribution is 5.91. The molecule has 0 bridgehead atoms. The van der Waals surface area contributed by atoms with Gasteiger partial charge in [-0.15, -0.1) is 0 Å². The number of aromatic nitrogens is 1. The molecule has 0 unspecified atom stereocenters. The Morgan fingerprint density at radius 2 is 1.79 bits per heavy atom. The second-order valence-corrected chi connectivity index (χ2v) is 6.40. The van der Waals surface area contributed by atoms with Crippen molar-refractivity contribution in [1.82, 2.24) is 4.98 Å². The van der Waals surface area contributed by atoms with Crippen LogP contribution in [-0.4, -0.2) is 11.5 Å². The van der Waals surface area contributed by atoms with Crippen LogP contribution in [0.25, 0.3) is 10.9 Å². The van der Waals surface area contributed by atoms with Crippen LogP contribution in [0, 0.1) is 33.5 Å². The predicted octanol–water partition coefficient (Wildman–Crippen LogP) is 5.26. The highest BCUT2D eigenvalue weighted by Gasteiger charge is 2.08. The monoisotopic (exact) mass is 322 g/mol. The van der Waals surface area contributed by atoms with Crippen molar-refractivity contribution in [3.05, 3.63) is 70.2 Å². The Labute approximate surface area is 142 Å². The molecule has 1 aromatic heterocycles. The van der Waals surface area contributed by atoms with Crippen LogP contribution in [0.5, 0.6) is 0 Å². The van der Waals surface area contributed by atoms with E-state index in [1.165, 1.54) is 33.9 Å². The van der Waals surface area contributed by atoms with Crippen molar-refractivity contribution >= 4 is 16.6 Å². The molecule has 3 rings (SSSR count). The van der Waals surface area contributed by atoms with Gasteiger partial charge >= 0.3 is 0 Å². The summed E-state index contributed by atoms with van der Waals surface area (Å²) >= 11 is 0. The van der Waals surface area contributed by atoms with Crippen LogP contribution in [0.1, 0.15) is 27.8 Å². The molecule has 124 valence electrons. The van der Waals surface area contributed by atoms with E-state index in [2.05, 4.69) is 44.1 Å². The third-order valence-electron chi connectivity index (χ3n) is 5.02. The van der Waals surface area contributed by atoms with Crippen LogP contribution in [0.2, 0.25) is 0 Å². The molecule has 0 aliphatic rings. The molecule has 0 radical (unpaired) electrons. The molecule has 0 aliphatic heterocycles. The zero-order chi connectivity index (χ0) is 17.3. The van der Waals surface area contributed by atoms with Gasteiger partial charge in [0, 0.05) is 23.8 Å². The van der Waals surface area contributed by atoms with E-state index in [0.29, 0.717) is 5.52 Å². The second-order valence-electron chi connectivity index (χ2n) is 6.40. The van der Waals surface area contributed by atoms with Gasteiger partial charge < -0.3 is 5.32 Å². The van der Waals surface area contributed by atoms with E-state index >= 15 is 0 Å². The maximum atomic E-state index is 13.8. The molecule has 2 nitrogen and oxygen atoms in total. The Bertz CT molecular complexity index is 900. The van der Waals surface area contributed by atoms with Crippen LogP contribution in [0.3, 0.4) is 0 Å². The number of nitrogens with one attached hydrogen (secondary N) is 1. The number of fused-ring (bicyclic) bond motifs is 1. The molecule has 24 heavy (non-hydrogen) atoms. The lowest BCUT2D eigenvalue weighted by Crippen LogP contribution is -2.08. The first-order valence-corrected chi connectivity index (χ1v) is 8.32. The largest absolute Gasteiger partial charge is 0.384 e. The van der Waals surface area contributed by atoms with E-state index in [1.807, 2.05) is 12.1 Å². The van der Waals surface area contributed by atoms with Crippen molar-refractivity contribution in [3.8, 4) is 0 Å². The SMILES string of the molecule is Cc1cc(CCNc2ccnc3c(F)cccc23)c(C)c(C)c1C. The normalized spacial score (nSPS) is 11.0. The fourth-order valence-corrected chi connectivity index (χ4v) is 3.18. The van der Waals surface area contributed by atoms with Gasteiger partial charge in [0.25, 0.3) is 0 Å². The number of aryl methyl sites for hydroxylation is 1. The molecule has 0 saturated carbocycles. The van der Waals surface area contributed by atoms with Crippen molar-refractivity contribution in [2.45, 2.75) is 34.1 Å². The lowest BCUT2D eigenvalue weighted by molar-refractivity contribution is 0.637. The molecule has 1 N–H and O–H groups in total. The van der Waals surface area contributed by atoms with Crippen molar-refractivity contribution in [2.75, 3.05) is 11.9 Å². The molecule has 2 aromatic carbocycles. The molecule has 0 fully saturated rings. The molecular weight excluding hydrogens is 299 g/mol. The standard InChI is InChI=1S/C21H23FN2/c1-13-12-17(16(4)15(3)14(13)2)8-10-23-20-9-11-24-21-18(20)6-5-7-19(21)22/h5-7,9,11-12H,8,10H2,1-4H3,(H,23,24). The van der Waals surface area contributed by atoms with Gasteiger partial charge in [0.15, 0.2) is 0 Å². The van der Waals surface area contributed by atoms with E-state index in [9.17, 15) is 4.39 Å².